The van der Waals surface area contributed by atoms with Gasteiger partial charge in [0, 0.05) is 61.3 Å². The van der Waals surface area contributed by atoms with Crippen LogP contribution in [0.2, 0.25) is 0 Å². The summed E-state index contributed by atoms with van der Waals surface area (Å²) in [4.78, 5) is 83.4. The quantitative estimate of drug-likeness (QED) is 0.181. The second-order valence-electron chi connectivity index (χ2n) is 18.6. The zero-order valence-electron chi connectivity index (χ0n) is 35.7. The Balaban J connectivity index is 1.53. The van der Waals surface area contributed by atoms with Crippen molar-refractivity contribution in [2.75, 3.05) is 14.2 Å². The number of fused-ring (bicyclic) bond motifs is 2. The van der Waals surface area contributed by atoms with Gasteiger partial charge >= 0.3 is 35.8 Å². The second kappa shape index (κ2) is 13.0. The number of ether oxygens (including phenoxy) is 10. The molecule has 18 heteroatoms. The van der Waals surface area contributed by atoms with Crippen LogP contribution in [0.4, 0.5) is 0 Å². The number of carbonyl (C=O) groups is 6. The summed E-state index contributed by atoms with van der Waals surface area (Å²) >= 11 is 0. The molecule has 0 radical (unpaired) electrons. The first-order chi connectivity index (χ1) is 27.9. The van der Waals surface area contributed by atoms with Crippen LogP contribution in [0.25, 0.3) is 0 Å². The maximum atomic E-state index is 14.4. The van der Waals surface area contributed by atoms with Crippen molar-refractivity contribution in [2.24, 2.45) is 28.1 Å². The summed E-state index contributed by atoms with van der Waals surface area (Å²) < 4.78 is 69.3. The van der Waals surface area contributed by atoms with Crippen LogP contribution in [0.3, 0.4) is 0 Å². The first-order valence-corrected chi connectivity index (χ1v) is 20.3. The molecule has 3 aliphatic heterocycles. The molecule has 16 atom stereocenters. The Hall–Kier alpha value is -4.10. The largest absolute Gasteiger partial charge is 0.472 e. The minimum atomic E-state index is -2.35. The van der Waals surface area contributed by atoms with Crippen LogP contribution in [0.15, 0.2) is 23.0 Å². The van der Waals surface area contributed by atoms with Gasteiger partial charge in [0.15, 0.2) is 23.4 Å². The Kier molecular flexibility index (Phi) is 9.20. The number of carbonyl (C=O) groups excluding carboxylic acids is 6. The number of furan rings is 1. The summed E-state index contributed by atoms with van der Waals surface area (Å²) in [7, 11) is 2.40. The highest BCUT2D eigenvalue weighted by Crippen LogP contribution is 2.90. The molecular formula is C42H54O18. The Labute approximate surface area is 346 Å². The summed E-state index contributed by atoms with van der Waals surface area (Å²) in [5.41, 5.74) is -14.5. The molecule has 330 valence electrons. The average Bonchev–Trinajstić information content (AvgIpc) is 3.50. The third-order valence-electron chi connectivity index (χ3n) is 15.7. The monoisotopic (exact) mass is 846 g/mol. The topological polar surface area (TPSA) is 231 Å². The van der Waals surface area contributed by atoms with E-state index < -0.39 is 135 Å². The molecule has 2 spiro atoms. The zero-order valence-corrected chi connectivity index (χ0v) is 35.7. The molecule has 60 heavy (non-hydrogen) atoms. The number of hydrogen-bond acceptors (Lipinski definition) is 18. The van der Waals surface area contributed by atoms with Crippen molar-refractivity contribution in [3.8, 4) is 0 Å². The predicted molar refractivity (Wildman–Crippen MR) is 196 cm³/mol. The van der Waals surface area contributed by atoms with Gasteiger partial charge in [-0.2, -0.15) is 0 Å². The standard InChI is InChI=1S/C42H54O18/c1-12-27(46)54-32-40-25(16-29(48)51-11)34(5,30(53-21(3)43)23-13-14-52-18-23)17-26(45)42(40)37(8)24(15-28(47)50-10)35(6)19-39(37,58-38(9,59-40)60-42)41(32,57-22(4)44)31(35)55-33(49)36(7)20(2)56-36/h13-14,18,20,24-26,30-32,45H,12,15-17,19H2,1-11H3/t20-,24+,25-,26-,30+,31+,32+,34-,35+,36+,37-,38?,39-,40-,41+,42+/m1/s1. The smallest absolute Gasteiger partial charge is 0.341 e. The average molecular weight is 847 g/mol. The molecule has 3 saturated heterocycles. The minimum absolute atomic E-state index is 0.104. The fraction of sp³-hybridized carbons (Fsp3) is 0.762. The van der Waals surface area contributed by atoms with Gasteiger partial charge in [0.05, 0.1) is 45.4 Å². The van der Waals surface area contributed by atoms with Gasteiger partial charge in [-0.05, 0) is 38.7 Å². The first kappa shape index (κ1) is 42.6. The molecule has 4 saturated carbocycles. The highest BCUT2D eigenvalue weighted by Gasteiger charge is 3.06. The summed E-state index contributed by atoms with van der Waals surface area (Å²) in [5, 5.41) is 13.4. The van der Waals surface area contributed by atoms with Crippen molar-refractivity contribution in [1.82, 2.24) is 0 Å². The van der Waals surface area contributed by atoms with Crippen molar-refractivity contribution >= 4 is 35.8 Å². The normalized spacial score (nSPS) is 47.7. The van der Waals surface area contributed by atoms with Crippen LogP contribution >= 0.6 is 0 Å². The van der Waals surface area contributed by atoms with Crippen LogP contribution in [0.5, 0.6) is 0 Å². The van der Waals surface area contributed by atoms with Gasteiger partial charge in [0.1, 0.15) is 17.3 Å². The molecule has 4 heterocycles. The number of methoxy groups -OCH3 is 2. The fourth-order valence-corrected chi connectivity index (χ4v) is 13.6. The van der Waals surface area contributed by atoms with E-state index in [0.29, 0.717) is 5.56 Å². The summed E-state index contributed by atoms with van der Waals surface area (Å²) in [6.45, 7) is 13.8. The van der Waals surface area contributed by atoms with E-state index in [1.54, 1.807) is 47.6 Å². The van der Waals surface area contributed by atoms with Crippen LogP contribution < -0.4 is 0 Å². The molecule has 18 nitrogen and oxygen atoms in total. The SMILES string of the molecule is CCC(=O)O[C@@H]1[C@@]2(OC(C)=O)[C@@H](OC(=O)[C@@]3(C)O[C@@H]3C)[C@@]3(C)C[C@]24OC2(C)O[C@]15[C@H](CC(=O)OC)[C@](C)([C@@H](OC(C)=O)c1ccoc1)C[C@@H](O)[C@]5(O2)[C@]4(C)[C@H]3CC(=O)OC. The number of aliphatic hydroxyl groups excluding tert-OH is 1. The minimum Gasteiger partial charge on any atom is -0.472 e. The van der Waals surface area contributed by atoms with E-state index in [1.165, 1.54) is 40.6 Å². The molecule has 7 fully saturated rings. The van der Waals surface area contributed by atoms with Gasteiger partial charge in [-0.3, -0.25) is 24.0 Å². The van der Waals surface area contributed by atoms with Gasteiger partial charge in [0.25, 0.3) is 5.97 Å². The lowest BCUT2D eigenvalue weighted by atomic mass is 9.33. The maximum Gasteiger partial charge on any atom is 0.341 e. The van der Waals surface area contributed by atoms with Gasteiger partial charge in [-0.25, -0.2) is 4.79 Å². The molecule has 4 bridgehead atoms. The first-order valence-electron chi connectivity index (χ1n) is 20.3. The Morgan fingerprint density at radius 2 is 1.50 bits per heavy atom. The highest BCUT2D eigenvalue weighted by molar-refractivity contribution is 5.83. The number of rotatable bonds is 12. The van der Waals surface area contributed by atoms with E-state index in [0.717, 1.165) is 6.92 Å². The van der Waals surface area contributed by atoms with Crippen molar-refractivity contribution < 1.29 is 85.7 Å². The third kappa shape index (κ3) is 4.77. The lowest BCUT2D eigenvalue weighted by Crippen LogP contribution is -2.96. The van der Waals surface area contributed by atoms with Crippen LogP contribution in [0, 0.1) is 28.1 Å². The van der Waals surface area contributed by atoms with E-state index >= 15 is 0 Å². The predicted octanol–water partition coefficient (Wildman–Crippen LogP) is 3.14. The molecule has 1 aromatic rings. The number of aliphatic hydroxyl groups is 1. The summed E-state index contributed by atoms with van der Waals surface area (Å²) in [6.07, 6.45) is -5.74. The summed E-state index contributed by atoms with van der Waals surface area (Å²) in [6, 6.07) is 1.57. The number of hydrogen-bond donors (Lipinski definition) is 1. The van der Waals surface area contributed by atoms with Crippen molar-refractivity contribution in [1.29, 1.82) is 0 Å². The second-order valence-corrected chi connectivity index (χ2v) is 18.6. The molecule has 1 aromatic heterocycles. The number of epoxide rings is 1. The van der Waals surface area contributed by atoms with Crippen molar-refractivity contribution in [2.45, 2.75) is 159 Å². The Bertz CT molecular complexity index is 2040. The highest BCUT2D eigenvalue weighted by atomic mass is 16.9. The van der Waals surface area contributed by atoms with E-state index in [4.69, 9.17) is 51.8 Å². The molecule has 0 amide bonds. The molecule has 0 aromatic carbocycles. The molecule has 7 aliphatic rings. The van der Waals surface area contributed by atoms with Gasteiger partial charge in [-0.15, -0.1) is 0 Å². The van der Waals surface area contributed by atoms with Crippen LogP contribution in [-0.2, 0) is 76.1 Å². The Morgan fingerprint density at radius 1 is 0.867 bits per heavy atom. The lowest BCUT2D eigenvalue weighted by molar-refractivity contribution is -0.486. The molecule has 8 rings (SSSR count). The van der Waals surface area contributed by atoms with Crippen LogP contribution in [-0.4, -0.2) is 114 Å². The van der Waals surface area contributed by atoms with Gasteiger partial charge < -0.3 is 56.9 Å². The van der Waals surface area contributed by atoms with E-state index in [9.17, 15) is 33.9 Å². The third-order valence-corrected chi connectivity index (χ3v) is 15.7. The van der Waals surface area contributed by atoms with Crippen LogP contribution in [0.1, 0.15) is 106 Å². The Morgan fingerprint density at radius 3 is 2.03 bits per heavy atom. The maximum absolute atomic E-state index is 14.4. The van der Waals surface area contributed by atoms with Crippen molar-refractivity contribution in [3.63, 3.8) is 0 Å². The molecule has 4 aliphatic carbocycles. The lowest BCUT2D eigenvalue weighted by Gasteiger charge is -2.77. The summed E-state index contributed by atoms with van der Waals surface area (Å²) in [5.74, 6) is -9.24. The fourth-order valence-electron chi connectivity index (χ4n) is 13.6. The van der Waals surface area contributed by atoms with Crippen molar-refractivity contribution in [3.05, 3.63) is 24.2 Å². The van der Waals surface area contributed by atoms with Gasteiger partial charge in [-0.1, -0.05) is 27.7 Å². The molecule has 1 unspecified atom stereocenters. The molecule has 1 N–H and O–H groups in total. The van der Waals surface area contributed by atoms with E-state index in [2.05, 4.69) is 0 Å². The van der Waals surface area contributed by atoms with E-state index in [1.807, 2.05) is 0 Å². The zero-order chi connectivity index (χ0) is 44.0. The van der Waals surface area contributed by atoms with E-state index in [-0.39, 0.29) is 25.7 Å². The number of esters is 6. The van der Waals surface area contributed by atoms with Gasteiger partial charge in [0.2, 0.25) is 5.60 Å². The molecular weight excluding hydrogens is 792 g/mol.